The SMILES string of the molecule is Cc1ccccc1CCCC1(N)CC1. The zero-order valence-corrected chi connectivity index (χ0v) is 8.92. The van der Waals surface area contributed by atoms with Crippen LogP contribution in [-0.4, -0.2) is 5.54 Å². The Morgan fingerprint density at radius 3 is 2.64 bits per heavy atom. The summed E-state index contributed by atoms with van der Waals surface area (Å²) >= 11 is 0. The van der Waals surface area contributed by atoms with Crippen molar-refractivity contribution in [2.24, 2.45) is 5.73 Å². The summed E-state index contributed by atoms with van der Waals surface area (Å²) in [5.41, 5.74) is 9.17. The van der Waals surface area contributed by atoms with Gasteiger partial charge in [0, 0.05) is 5.54 Å². The summed E-state index contributed by atoms with van der Waals surface area (Å²) in [4.78, 5) is 0. The fourth-order valence-electron chi connectivity index (χ4n) is 1.93. The second kappa shape index (κ2) is 3.74. The quantitative estimate of drug-likeness (QED) is 0.774. The summed E-state index contributed by atoms with van der Waals surface area (Å²) < 4.78 is 0. The summed E-state index contributed by atoms with van der Waals surface area (Å²) in [6.45, 7) is 2.19. The van der Waals surface area contributed by atoms with Gasteiger partial charge < -0.3 is 5.73 Å². The van der Waals surface area contributed by atoms with E-state index in [-0.39, 0.29) is 5.54 Å². The topological polar surface area (TPSA) is 26.0 Å². The lowest BCUT2D eigenvalue weighted by Gasteiger charge is -2.09. The lowest BCUT2D eigenvalue weighted by atomic mass is 10.0. The number of nitrogens with two attached hydrogens (primary N) is 1. The van der Waals surface area contributed by atoms with Crippen LogP contribution in [-0.2, 0) is 6.42 Å². The van der Waals surface area contributed by atoms with E-state index < -0.39 is 0 Å². The van der Waals surface area contributed by atoms with Gasteiger partial charge in [-0.15, -0.1) is 0 Å². The summed E-state index contributed by atoms with van der Waals surface area (Å²) in [6, 6.07) is 8.64. The van der Waals surface area contributed by atoms with Crippen LogP contribution in [0.5, 0.6) is 0 Å². The smallest absolute Gasteiger partial charge is 0.0155 e. The van der Waals surface area contributed by atoms with E-state index in [1.54, 1.807) is 0 Å². The molecule has 1 nitrogen and oxygen atoms in total. The predicted octanol–water partition coefficient (Wildman–Crippen LogP) is 2.81. The average molecular weight is 189 g/mol. The van der Waals surface area contributed by atoms with Crippen LogP contribution < -0.4 is 5.73 Å². The van der Waals surface area contributed by atoms with E-state index >= 15 is 0 Å². The Morgan fingerprint density at radius 2 is 2.00 bits per heavy atom. The molecule has 0 saturated heterocycles. The first-order chi connectivity index (χ1) is 6.70. The molecule has 2 N–H and O–H groups in total. The Bertz CT molecular complexity index is 313. The van der Waals surface area contributed by atoms with E-state index in [1.807, 2.05) is 0 Å². The van der Waals surface area contributed by atoms with Crippen LogP contribution in [0.1, 0.15) is 36.8 Å². The summed E-state index contributed by atoms with van der Waals surface area (Å²) in [5, 5.41) is 0. The van der Waals surface area contributed by atoms with Crippen molar-refractivity contribution < 1.29 is 0 Å². The number of aryl methyl sites for hydroxylation is 2. The molecule has 1 heteroatoms. The van der Waals surface area contributed by atoms with Crippen LogP contribution >= 0.6 is 0 Å². The van der Waals surface area contributed by atoms with Crippen molar-refractivity contribution in [1.29, 1.82) is 0 Å². The number of hydrogen-bond donors (Lipinski definition) is 1. The van der Waals surface area contributed by atoms with Gasteiger partial charge in [0.2, 0.25) is 0 Å². The molecule has 14 heavy (non-hydrogen) atoms. The highest BCUT2D eigenvalue weighted by atomic mass is 14.8. The molecule has 0 heterocycles. The Morgan fingerprint density at radius 1 is 1.29 bits per heavy atom. The van der Waals surface area contributed by atoms with Gasteiger partial charge >= 0.3 is 0 Å². The number of hydrogen-bond acceptors (Lipinski definition) is 1. The van der Waals surface area contributed by atoms with Crippen molar-refractivity contribution >= 4 is 0 Å². The minimum atomic E-state index is 0.225. The third kappa shape index (κ3) is 2.36. The summed E-state index contributed by atoms with van der Waals surface area (Å²) in [6.07, 6.45) is 6.09. The molecule has 0 radical (unpaired) electrons. The van der Waals surface area contributed by atoms with Crippen LogP contribution in [0.25, 0.3) is 0 Å². The maximum atomic E-state index is 6.05. The molecule has 1 aliphatic rings. The number of benzene rings is 1. The van der Waals surface area contributed by atoms with Gasteiger partial charge in [0.05, 0.1) is 0 Å². The molecule has 1 saturated carbocycles. The molecule has 0 unspecified atom stereocenters. The normalized spacial score (nSPS) is 18.1. The lowest BCUT2D eigenvalue weighted by Crippen LogP contribution is -2.21. The summed E-state index contributed by atoms with van der Waals surface area (Å²) in [5.74, 6) is 0. The van der Waals surface area contributed by atoms with Gasteiger partial charge in [-0.25, -0.2) is 0 Å². The second-order valence-electron chi connectivity index (χ2n) is 4.64. The van der Waals surface area contributed by atoms with Crippen molar-refractivity contribution in [3.63, 3.8) is 0 Å². The molecule has 0 spiro atoms. The third-order valence-electron chi connectivity index (χ3n) is 3.27. The van der Waals surface area contributed by atoms with Gasteiger partial charge in [-0.1, -0.05) is 24.3 Å². The minimum Gasteiger partial charge on any atom is -0.325 e. The molecule has 0 aliphatic heterocycles. The van der Waals surface area contributed by atoms with Crippen molar-refractivity contribution in [2.45, 2.75) is 44.6 Å². The molecule has 1 aromatic carbocycles. The molecule has 1 fully saturated rings. The third-order valence-corrected chi connectivity index (χ3v) is 3.27. The van der Waals surface area contributed by atoms with E-state index in [0.717, 1.165) is 0 Å². The Labute approximate surface area is 86.3 Å². The zero-order valence-electron chi connectivity index (χ0n) is 8.92. The first kappa shape index (κ1) is 9.72. The first-order valence-electron chi connectivity index (χ1n) is 5.53. The van der Waals surface area contributed by atoms with Crippen LogP contribution in [0.3, 0.4) is 0 Å². The molecule has 0 atom stereocenters. The van der Waals surface area contributed by atoms with Gasteiger partial charge in [-0.05, 0) is 50.2 Å². The molecule has 76 valence electrons. The molecule has 0 bridgehead atoms. The first-order valence-corrected chi connectivity index (χ1v) is 5.53. The minimum absolute atomic E-state index is 0.225. The lowest BCUT2D eigenvalue weighted by molar-refractivity contribution is 0.575. The highest BCUT2D eigenvalue weighted by molar-refractivity contribution is 5.25. The maximum absolute atomic E-state index is 6.05. The fraction of sp³-hybridized carbons (Fsp3) is 0.538. The Balaban J connectivity index is 1.83. The van der Waals surface area contributed by atoms with Crippen molar-refractivity contribution in [3.05, 3.63) is 35.4 Å². The highest BCUT2D eigenvalue weighted by Crippen LogP contribution is 2.36. The van der Waals surface area contributed by atoms with Crippen molar-refractivity contribution in [3.8, 4) is 0 Å². The van der Waals surface area contributed by atoms with Crippen LogP contribution in [0.4, 0.5) is 0 Å². The summed E-state index contributed by atoms with van der Waals surface area (Å²) in [7, 11) is 0. The van der Waals surface area contributed by atoms with Crippen LogP contribution in [0.15, 0.2) is 24.3 Å². The number of rotatable bonds is 4. The van der Waals surface area contributed by atoms with Crippen LogP contribution in [0, 0.1) is 6.92 Å². The molecule has 0 amide bonds. The average Bonchev–Trinajstić information content (AvgIpc) is 2.88. The van der Waals surface area contributed by atoms with Gasteiger partial charge in [0.25, 0.3) is 0 Å². The maximum Gasteiger partial charge on any atom is 0.0155 e. The molecule has 0 aromatic heterocycles. The predicted molar refractivity (Wildman–Crippen MR) is 60.3 cm³/mol. The van der Waals surface area contributed by atoms with Gasteiger partial charge in [0.1, 0.15) is 0 Å². The van der Waals surface area contributed by atoms with Gasteiger partial charge in [-0.2, -0.15) is 0 Å². The molecular weight excluding hydrogens is 170 g/mol. The Kier molecular flexibility index (Phi) is 2.60. The second-order valence-corrected chi connectivity index (χ2v) is 4.64. The molecule has 1 aromatic rings. The van der Waals surface area contributed by atoms with Gasteiger partial charge in [-0.3, -0.25) is 0 Å². The largest absolute Gasteiger partial charge is 0.325 e. The van der Waals surface area contributed by atoms with E-state index in [9.17, 15) is 0 Å². The fourth-order valence-corrected chi connectivity index (χ4v) is 1.93. The monoisotopic (exact) mass is 189 g/mol. The highest BCUT2D eigenvalue weighted by Gasteiger charge is 2.36. The van der Waals surface area contributed by atoms with E-state index in [4.69, 9.17) is 5.73 Å². The Hall–Kier alpha value is -0.820. The molecule has 2 rings (SSSR count). The van der Waals surface area contributed by atoms with E-state index in [0.29, 0.717) is 0 Å². The van der Waals surface area contributed by atoms with E-state index in [2.05, 4.69) is 31.2 Å². The van der Waals surface area contributed by atoms with Gasteiger partial charge in [0.15, 0.2) is 0 Å². The van der Waals surface area contributed by atoms with Crippen molar-refractivity contribution in [2.75, 3.05) is 0 Å². The molecule has 1 aliphatic carbocycles. The van der Waals surface area contributed by atoms with Crippen molar-refractivity contribution in [1.82, 2.24) is 0 Å². The zero-order chi connectivity index (χ0) is 10.0. The standard InChI is InChI=1S/C13H19N/c1-11-5-2-3-6-12(11)7-4-8-13(14)9-10-13/h2-3,5-6H,4,7-10,14H2,1H3. The van der Waals surface area contributed by atoms with E-state index in [1.165, 1.54) is 43.2 Å². The molecular formula is C13H19N. The van der Waals surface area contributed by atoms with Crippen LogP contribution in [0.2, 0.25) is 0 Å².